The Hall–Kier alpha value is -1.98. The van der Waals surface area contributed by atoms with Crippen molar-refractivity contribution in [2.24, 2.45) is 0 Å². The number of hydrogen-bond donors (Lipinski definition) is 1. The van der Waals surface area contributed by atoms with E-state index in [1.807, 2.05) is 25.3 Å². The second kappa shape index (κ2) is 8.22. The third-order valence-corrected chi connectivity index (χ3v) is 4.71. The molecular weight excluding hydrogens is 346 g/mol. The summed E-state index contributed by atoms with van der Waals surface area (Å²) in [6, 6.07) is 12.4. The zero-order valence-electron chi connectivity index (χ0n) is 13.6. The monoisotopic (exact) mass is 363 g/mol. The molecule has 2 aromatic carbocycles. The Balaban J connectivity index is 2.06. The summed E-state index contributed by atoms with van der Waals surface area (Å²) < 4.78 is 5.29. The Morgan fingerprint density at radius 2 is 1.88 bits per heavy atom. The maximum absolute atomic E-state index is 12.3. The molecule has 0 bridgehead atoms. The summed E-state index contributed by atoms with van der Waals surface area (Å²) in [7, 11) is 0. The highest BCUT2D eigenvalue weighted by Gasteiger charge is 2.21. The lowest BCUT2D eigenvalue weighted by molar-refractivity contribution is -0.123. The lowest BCUT2D eigenvalue weighted by Gasteiger charge is -2.16. The fourth-order valence-electron chi connectivity index (χ4n) is 2.07. The zero-order valence-corrected chi connectivity index (χ0v) is 15.2. The summed E-state index contributed by atoms with van der Waals surface area (Å²) in [5.74, 6) is -0.930. The van der Waals surface area contributed by atoms with Gasteiger partial charge in [0.05, 0.1) is 5.56 Å². The minimum Gasteiger partial charge on any atom is -0.449 e. The molecule has 1 atom stereocenters. The minimum absolute atomic E-state index is 0.407. The molecule has 0 saturated carbocycles. The van der Waals surface area contributed by atoms with Gasteiger partial charge >= 0.3 is 5.97 Å². The number of ether oxygens (including phenoxy) is 1. The van der Waals surface area contributed by atoms with Crippen molar-refractivity contribution in [3.8, 4) is 0 Å². The highest BCUT2D eigenvalue weighted by atomic mass is 35.5. The molecule has 0 aliphatic carbocycles. The number of hydrogen-bond acceptors (Lipinski definition) is 4. The van der Waals surface area contributed by atoms with E-state index in [9.17, 15) is 9.59 Å². The molecule has 4 nitrogen and oxygen atoms in total. The number of amides is 1. The van der Waals surface area contributed by atoms with Gasteiger partial charge in [-0.2, -0.15) is 0 Å². The van der Waals surface area contributed by atoms with E-state index in [0.717, 1.165) is 10.5 Å². The fraction of sp³-hybridized carbons (Fsp3) is 0.222. The Kier molecular flexibility index (Phi) is 6.29. The lowest BCUT2D eigenvalue weighted by atomic mass is 10.2. The van der Waals surface area contributed by atoms with E-state index in [-0.39, 0.29) is 0 Å². The van der Waals surface area contributed by atoms with Crippen molar-refractivity contribution in [1.29, 1.82) is 0 Å². The molecule has 0 spiro atoms. The molecule has 2 rings (SSSR count). The first-order valence-electron chi connectivity index (χ1n) is 7.34. The first kappa shape index (κ1) is 18.4. The number of rotatable bonds is 5. The number of nitrogens with one attached hydrogen (secondary N) is 1. The third kappa shape index (κ3) is 4.30. The van der Waals surface area contributed by atoms with Crippen molar-refractivity contribution < 1.29 is 14.3 Å². The van der Waals surface area contributed by atoms with Crippen LogP contribution in [0, 0.1) is 6.92 Å². The van der Waals surface area contributed by atoms with Crippen LogP contribution in [0.2, 0.25) is 5.02 Å². The molecule has 0 unspecified atom stereocenters. The summed E-state index contributed by atoms with van der Waals surface area (Å²) >= 11 is 7.48. The molecule has 1 N–H and O–H groups in total. The second-order valence-electron chi connectivity index (χ2n) is 5.15. The lowest BCUT2D eigenvalue weighted by Crippen LogP contribution is -2.30. The predicted molar refractivity (Wildman–Crippen MR) is 97.9 cm³/mol. The Morgan fingerprint density at radius 1 is 1.17 bits per heavy atom. The SMILES string of the molecule is CSc1ccccc1C(=O)O[C@@H](C)C(=O)Nc1cccc(Cl)c1C. The standard InChI is InChI=1S/C18H18ClNO3S/c1-11-14(19)8-6-9-15(11)20-17(21)12(2)23-18(22)13-7-4-5-10-16(13)24-3/h4-10,12H,1-3H3,(H,20,21)/t12-/m0/s1. The second-order valence-corrected chi connectivity index (χ2v) is 6.40. The molecule has 0 fully saturated rings. The van der Waals surface area contributed by atoms with E-state index < -0.39 is 18.0 Å². The summed E-state index contributed by atoms with van der Waals surface area (Å²) in [5, 5.41) is 3.29. The molecule has 0 aliphatic heterocycles. The Bertz CT molecular complexity index is 764. The van der Waals surface area contributed by atoms with Crippen molar-refractivity contribution >= 4 is 40.9 Å². The average Bonchev–Trinajstić information content (AvgIpc) is 2.58. The number of benzene rings is 2. The summed E-state index contributed by atoms with van der Waals surface area (Å²) in [6.45, 7) is 3.35. The van der Waals surface area contributed by atoms with Crippen LogP contribution in [0.4, 0.5) is 5.69 Å². The normalized spacial score (nSPS) is 11.7. The van der Waals surface area contributed by atoms with Gasteiger partial charge < -0.3 is 10.1 Å². The van der Waals surface area contributed by atoms with E-state index in [4.69, 9.17) is 16.3 Å². The van der Waals surface area contributed by atoms with Crippen molar-refractivity contribution in [2.75, 3.05) is 11.6 Å². The van der Waals surface area contributed by atoms with Crippen LogP contribution in [0.5, 0.6) is 0 Å². The highest BCUT2D eigenvalue weighted by molar-refractivity contribution is 7.98. The van der Waals surface area contributed by atoms with Crippen molar-refractivity contribution in [1.82, 2.24) is 0 Å². The van der Waals surface area contributed by atoms with Gasteiger partial charge in [0.15, 0.2) is 6.10 Å². The number of halogens is 1. The molecule has 0 saturated heterocycles. The maximum atomic E-state index is 12.3. The van der Waals surface area contributed by atoms with Crippen LogP contribution >= 0.6 is 23.4 Å². The van der Waals surface area contributed by atoms with E-state index in [0.29, 0.717) is 16.3 Å². The number of anilines is 1. The number of thioether (sulfide) groups is 1. The van der Waals surface area contributed by atoms with Crippen molar-refractivity contribution in [3.63, 3.8) is 0 Å². The van der Waals surface area contributed by atoms with Crippen molar-refractivity contribution in [2.45, 2.75) is 24.8 Å². The Labute approximate surface area is 150 Å². The smallest absolute Gasteiger partial charge is 0.340 e. The summed E-state index contributed by atoms with van der Waals surface area (Å²) in [6.07, 6.45) is 0.954. The zero-order chi connectivity index (χ0) is 17.7. The summed E-state index contributed by atoms with van der Waals surface area (Å²) in [4.78, 5) is 25.3. The number of esters is 1. The van der Waals surface area contributed by atoms with Crippen LogP contribution in [0.3, 0.4) is 0 Å². The molecule has 24 heavy (non-hydrogen) atoms. The average molecular weight is 364 g/mol. The number of carbonyl (C=O) groups excluding carboxylic acids is 2. The maximum Gasteiger partial charge on any atom is 0.340 e. The molecule has 1 amide bonds. The predicted octanol–water partition coefficient (Wildman–Crippen LogP) is 4.55. The van der Waals surface area contributed by atoms with Gasteiger partial charge in [-0.05, 0) is 49.9 Å². The molecule has 0 aromatic heterocycles. The molecule has 0 radical (unpaired) electrons. The first-order chi connectivity index (χ1) is 11.4. The molecular formula is C18H18ClNO3S. The van der Waals surface area contributed by atoms with Gasteiger partial charge in [-0.15, -0.1) is 11.8 Å². The largest absolute Gasteiger partial charge is 0.449 e. The van der Waals surface area contributed by atoms with E-state index in [1.165, 1.54) is 18.7 Å². The van der Waals surface area contributed by atoms with Gasteiger partial charge in [0, 0.05) is 15.6 Å². The topological polar surface area (TPSA) is 55.4 Å². The quantitative estimate of drug-likeness (QED) is 0.625. The van der Waals surface area contributed by atoms with E-state index in [2.05, 4.69) is 5.32 Å². The minimum atomic E-state index is -0.925. The Morgan fingerprint density at radius 3 is 2.58 bits per heavy atom. The van der Waals surface area contributed by atoms with E-state index >= 15 is 0 Å². The van der Waals surface area contributed by atoms with Gasteiger partial charge in [0.25, 0.3) is 5.91 Å². The fourth-order valence-corrected chi connectivity index (χ4v) is 2.83. The number of carbonyl (C=O) groups is 2. The van der Waals surface area contributed by atoms with Crippen LogP contribution in [0.25, 0.3) is 0 Å². The summed E-state index contributed by atoms with van der Waals surface area (Å²) in [5.41, 5.74) is 1.81. The van der Waals surface area contributed by atoms with Crippen LogP contribution in [0.15, 0.2) is 47.4 Å². The first-order valence-corrected chi connectivity index (χ1v) is 8.94. The van der Waals surface area contributed by atoms with Gasteiger partial charge in [-0.25, -0.2) is 4.79 Å². The van der Waals surface area contributed by atoms with Gasteiger partial charge in [0.2, 0.25) is 0 Å². The van der Waals surface area contributed by atoms with Crippen LogP contribution in [0.1, 0.15) is 22.8 Å². The van der Waals surface area contributed by atoms with Crippen LogP contribution in [-0.4, -0.2) is 24.2 Å². The molecule has 0 aliphatic rings. The highest BCUT2D eigenvalue weighted by Crippen LogP contribution is 2.24. The molecule has 2 aromatic rings. The van der Waals surface area contributed by atoms with Crippen molar-refractivity contribution in [3.05, 3.63) is 58.6 Å². The third-order valence-electron chi connectivity index (χ3n) is 3.51. The van der Waals surface area contributed by atoms with Crippen LogP contribution < -0.4 is 5.32 Å². The van der Waals surface area contributed by atoms with E-state index in [1.54, 1.807) is 30.3 Å². The molecule has 6 heteroatoms. The van der Waals surface area contributed by atoms with Gasteiger partial charge in [0.1, 0.15) is 0 Å². The molecule has 0 heterocycles. The van der Waals surface area contributed by atoms with Gasteiger partial charge in [-0.3, -0.25) is 4.79 Å². The van der Waals surface area contributed by atoms with Gasteiger partial charge in [-0.1, -0.05) is 29.8 Å². The van der Waals surface area contributed by atoms with Crippen LogP contribution in [-0.2, 0) is 9.53 Å². The molecule has 126 valence electrons.